The Balaban J connectivity index is 1.88. The second-order valence-corrected chi connectivity index (χ2v) is 5.05. The number of hydrogen-bond acceptors (Lipinski definition) is 7. The third kappa shape index (κ3) is 4.57. The van der Waals surface area contributed by atoms with Crippen molar-refractivity contribution in [2.24, 2.45) is 0 Å². The van der Waals surface area contributed by atoms with Gasteiger partial charge in [-0.3, -0.25) is 4.98 Å². The molecule has 2 aromatic heterocycles. The second kappa shape index (κ2) is 8.43. The topological polar surface area (TPSA) is 74.2 Å². The molecule has 0 aliphatic carbocycles. The Labute approximate surface area is 127 Å². The fourth-order valence-corrected chi connectivity index (χ4v) is 2.21. The zero-order chi connectivity index (χ0) is 14.9. The van der Waals surface area contributed by atoms with Crippen molar-refractivity contribution in [2.75, 3.05) is 19.8 Å². The molecule has 21 heavy (non-hydrogen) atoms. The van der Waals surface area contributed by atoms with Crippen LogP contribution in [0, 0.1) is 0 Å². The Bertz CT molecular complexity index is 560. The normalized spacial score (nSPS) is 10.5. The summed E-state index contributed by atoms with van der Waals surface area (Å²) in [6, 6.07) is 3.61. The maximum Gasteiger partial charge on any atom is 0.352 e. The number of unbranched alkanes of at least 4 members (excludes halogenated alkanes) is 1. The first kappa shape index (κ1) is 15.5. The minimum Gasteiger partial charge on any atom is -0.459 e. The van der Waals surface area contributed by atoms with Crippen LogP contribution in [0.15, 0.2) is 24.5 Å². The fourth-order valence-electron chi connectivity index (χ4n) is 1.62. The number of nitrogens with zero attached hydrogens (tertiary/aromatic N) is 3. The monoisotopic (exact) mass is 307 g/mol. The molecule has 2 heterocycles. The molecule has 7 heteroatoms. The van der Waals surface area contributed by atoms with Gasteiger partial charge in [-0.15, -0.1) is 5.10 Å². The summed E-state index contributed by atoms with van der Waals surface area (Å²) in [6.45, 7) is 3.42. The van der Waals surface area contributed by atoms with Crippen LogP contribution in [0.3, 0.4) is 0 Å². The van der Waals surface area contributed by atoms with E-state index in [0.29, 0.717) is 23.8 Å². The van der Waals surface area contributed by atoms with Crippen molar-refractivity contribution in [3.05, 3.63) is 29.4 Å². The first-order chi connectivity index (χ1) is 10.3. The highest BCUT2D eigenvalue weighted by atomic mass is 32.1. The van der Waals surface area contributed by atoms with Crippen LogP contribution in [0.2, 0.25) is 0 Å². The Hall–Kier alpha value is -1.86. The van der Waals surface area contributed by atoms with Gasteiger partial charge in [-0.25, -0.2) is 4.79 Å². The Morgan fingerprint density at radius 2 is 2.24 bits per heavy atom. The third-order valence-corrected chi connectivity index (χ3v) is 3.42. The van der Waals surface area contributed by atoms with E-state index in [1.54, 1.807) is 18.5 Å². The summed E-state index contributed by atoms with van der Waals surface area (Å²) in [6.07, 6.45) is 5.40. The minimum atomic E-state index is -0.428. The molecule has 0 atom stereocenters. The highest BCUT2D eigenvalue weighted by Gasteiger charge is 2.19. The molecular weight excluding hydrogens is 290 g/mol. The molecule has 6 nitrogen and oxygen atoms in total. The van der Waals surface area contributed by atoms with Crippen molar-refractivity contribution in [3.63, 3.8) is 0 Å². The Morgan fingerprint density at radius 3 is 3.00 bits per heavy atom. The number of carbonyl (C=O) groups excluding carboxylic acids is 1. The van der Waals surface area contributed by atoms with E-state index in [1.807, 2.05) is 6.07 Å². The van der Waals surface area contributed by atoms with Gasteiger partial charge in [0.1, 0.15) is 12.3 Å². The van der Waals surface area contributed by atoms with E-state index >= 15 is 0 Å². The molecule has 0 amide bonds. The van der Waals surface area contributed by atoms with Crippen molar-refractivity contribution < 1.29 is 14.3 Å². The fraction of sp³-hybridized carbons (Fsp3) is 0.429. The minimum absolute atomic E-state index is 0.229. The van der Waals surface area contributed by atoms with Crippen molar-refractivity contribution in [1.29, 1.82) is 0 Å². The molecule has 0 bridgehead atoms. The maximum atomic E-state index is 12.0. The number of hydrogen-bond donors (Lipinski definition) is 0. The highest BCUT2D eigenvalue weighted by molar-refractivity contribution is 7.08. The average molecular weight is 307 g/mol. The zero-order valence-electron chi connectivity index (χ0n) is 11.8. The van der Waals surface area contributed by atoms with Gasteiger partial charge >= 0.3 is 5.97 Å². The van der Waals surface area contributed by atoms with Crippen LogP contribution in [0.5, 0.6) is 0 Å². The molecule has 2 rings (SSSR count). The lowest BCUT2D eigenvalue weighted by Gasteiger charge is -2.05. The van der Waals surface area contributed by atoms with Gasteiger partial charge in [-0.05, 0) is 30.1 Å². The van der Waals surface area contributed by atoms with Gasteiger partial charge in [0.05, 0.1) is 6.61 Å². The molecule has 112 valence electrons. The van der Waals surface area contributed by atoms with Crippen LogP contribution in [0.4, 0.5) is 0 Å². The van der Waals surface area contributed by atoms with Crippen LogP contribution in [-0.4, -0.2) is 40.4 Å². The predicted octanol–water partition coefficient (Wildman–Crippen LogP) is 2.57. The quantitative estimate of drug-likeness (QED) is 0.551. The molecule has 2 aromatic rings. The molecule has 0 saturated carbocycles. The molecule has 0 radical (unpaired) electrons. The lowest BCUT2D eigenvalue weighted by Crippen LogP contribution is -2.11. The van der Waals surface area contributed by atoms with Gasteiger partial charge in [0, 0.05) is 24.6 Å². The number of carbonyl (C=O) groups is 1. The number of aromatic nitrogens is 3. The van der Waals surface area contributed by atoms with Gasteiger partial charge in [0.2, 0.25) is 0 Å². The van der Waals surface area contributed by atoms with Crippen molar-refractivity contribution in [2.45, 2.75) is 19.8 Å². The van der Waals surface area contributed by atoms with Crippen LogP contribution in [0.25, 0.3) is 11.3 Å². The van der Waals surface area contributed by atoms with Crippen LogP contribution in [-0.2, 0) is 9.47 Å². The number of esters is 1. The average Bonchev–Trinajstić information content (AvgIpc) is 3.01. The lowest BCUT2D eigenvalue weighted by atomic mass is 10.2. The summed E-state index contributed by atoms with van der Waals surface area (Å²) in [5, 5.41) is 3.97. The summed E-state index contributed by atoms with van der Waals surface area (Å²) in [4.78, 5) is 16.4. The molecule has 0 fully saturated rings. The summed E-state index contributed by atoms with van der Waals surface area (Å²) in [5.41, 5.74) is 1.25. The molecule has 0 spiro atoms. The van der Waals surface area contributed by atoms with E-state index in [9.17, 15) is 4.79 Å². The summed E-state index contributed by atoms with van der Waals surface area (Å²) in [7, 11) is 0. The number of ether oxygens (including phenoxy) is 2. The van der Waals surface area contributed by atoms with E-state index in [0.717, 1.165) is 29.9 Å². The predicted molar refractivity (Wildman–Crippen MR) is 79.1 cm³/mol. The molecule has 0 N–H and O–H groups in total. The molecule has 0 aliphatic rings. The SMILES string of the molecule is CCCCOCCOC(=O)c1snnc1-c1cccnc1. The third-order valence-electron chi connectivity index (χ3n) is 2.71. The Morgan fingerprint density at radius 1 is 1.33 bits per heavy atom. The zero-order valence-corrected chi connectivity index (χ0v) is 12.6. The molecule has 0 aliphatic heterocycles. The van der Waals surface area contributed by atoms with Crippen molar-refractivity contribution >= 4 is 17.5 Å². The van der Waals surface area contributed by atoms with Gasteiger partial charge in [0.15, 0.2) is 4.88 Å². The van der Waals surface area contributed by atoms with Gasteiger partial charge in [-0.1, -0.05) is 17.8 Å². The van der Waals surface area contributed by atoms with E-state index in [4.69, 9.17) is 9.47 Å². The van der Waals surface area contributed by atoms with Gasteiger partial charge in [0.25, 0.3) is 0 Å². The van der Waals surface area contributed by atoms with Crippen molar-refractivity contribution in [1.82, 2.24) is 14.6 Å². The largest absolute Gasteiger partial charge is 0.459 e. The van der Waals surface area contributed by atoms with E-state index in [-0.39, 0.29) is 6.61 Å². The molecule has 0 saturated heterocycles. The van der Waals surface area contributed by atoms with Crippen LogP contribution >= 0.6 is 11.5 Å². The van der Waals surface area contributed by atoms with Crippen LogP contribution in [0.1, 0.15) is 29.4 Å². The summed E-state index contributed by atoms with van der Waals surface area (Å²) in [5.74, 6) is -0.428. The highest BCUT2D eigenvalue weighted by Crippen LogP contribution is 2.23. The first-order valence-corrected chi connectivity index (χ1v) is 7.58. The Kier molecular flexibility index (Phi) is 6.23. The molecular formula is C14H17N3O3S. The van der Waals surface area contributed by atoms with E-state index in [2.05, 4.69) is 21.5 Å². The summed E-state index contributed by atoms with van der Waals surface area (Å²) >= 11 is 1.02. The standard InChI is InChI=1S/C14H17N3O3S/c1-2-3-7-19-8-9-20-14(18)13-12(16-17-21-13)11-5-4-6-15-10-11/h4-6,10H,2-3,7-9H2,1H3. The van der Waals surface area contributed by atoms with Crippen LogP contribution < -0.4 is 0 Å². The smallest absolute Gasteiger partial charge is 0.352 e. The second-order valence-electron chi connectivity index (χ2n) is 4.29. The van der Waals surface area contributed by atoms with Gasteiger partial charge < -0.3 is 9.47 Å². The first-order valence-electron chi connectivity index (χ1n) is 6.80. The van der Waals surface area contributed by atoms with Crippen molar-refractivity contribution in [3.8, 4) is 11.3 Å². The lowest BCUT2D eigenvalue weighted by molar-refractivity contribution is 0.0319. The van der Waals surface area contributed by atoms with E-state index in [1.165, 1.54) is 0 Å². The summed E-state index contributed by atoms with van der Waals surface area (Å²) < 4.78 is 14.3. The number of rotatable bonds is 8. The number of pyridine rings is 1. The van der Waals surface area contributed by atoms with Gasteiger partial charge in [-0.2, -0.15) is 0 Å². The molecule has 0 unspecified atom stereocenters. The molecule has 0 aromatic carbocycles. The maximum absolute atomic E-state index is 12.0. The van der Waals surface area contributed by atoms with E-state index < -0.39 is 5.97 Å².